The lowest BCUT2D eigenvalue weighted by molar-refractivity contribution is 0.235. The van der Waals surface area contributed by atoms with Crippen LogP contribution >= 0.6 is 12.2 Å². The van der Waals surface area contributed by atoms with E-state index in [-0.39, 0.29) is 0 Å². The highest BCUT2D eigenvalue weighted by Gasteiger charge is 2.10. The number of aryl methyl sites for hydroxylation is 2. The fourth-order valence-corrected chi connectivity index (χ4v) is 2.60. The zero-order valence-electron chi connectivity index (χ0n) is 12.3. The summed E-state index contributed by atoms with van der Waals surface area (Å²) >= 11 is 4.78. The van der Waals surface area contributed by atoms with Gasteiger partial charge in [-0.05, 0) is 54.9 Å². The number of benzene rings is 2. The minimum absolute atomic E-state index is 0.546. The molecule has 2 aromatic rings. The Morgan fingerprint density at radius 1 is 0.810 bits per heavy atom. The van der Waals surface area contributed by atoms with Gasteiger partial charge in [0.1, 0.15) is 5.55 Å². The Balaban J connectivity index is 1.83. The second-order valence-corrected chi connectivity index (χ2v) is 5.54. The summed E-state index contributed by atoms with van der Waals surface area (Å²) in [7, 11) is 0. The SMILES string of the molecule is S=COCC(CCc1ccccc1)CCc1ccccc1. The average molecular weight is 298 g/mol. The molecule has 2 aromatic carbocycles. The third-order valence-electron chi connectivity index (χ3n) is 3.77. The maximum Gasteiger partial charge on any atom is 0.146 e. The molecule has 0 aromatic heterocycles. The van der Waals surface area contributed by atoms with E-state index in [0.717, 1.165) is 32.3 Å². The van der Waals surface area contributed by atoms with Crippen LogP contribution in [0.4, 0.5) is 0 Å². The van der Waals surface area contributed by atoms with Crippen LogP contribution in [0.5, 0.6) is 0 Å². The molecule has 0 N–H and O–H groups in total. The molecule has 0 aliphatic carbocycles. The van der Waals surface area contributed by atoms with Crippen molar-refractivity contribution < 1.29 is 4.74 Å². The number of hydrogen-bond acceptors (Lipinski definition) is 2. The van der Waals surface area contributed by atoms with Crippen LogP contribution in [-0.2, 0) is 17.6 Å². The Labute approximate surface area is 133 Å². The highest BCUT2D eigenvalue weighted by Crippen LogP contribution is 2.17. The first kappa shape index (κ1) is 15.7. The first-order valence-corrected chi connectivity index (χ1v) is 7.98. The molecule has 21 heavy (non-hydrogen) atoms. The predicted molar refractivity (Wildman–Crippen MR) is 92.6 cm³/mol. The third-order valence-corrected chi connectivity index (χ3v) is 3.90. The molecule has 0 fully saturated rings. The molecule has 2 heteroatoms. The molecule has 110 valence electrons. The van der Waals surface area contributed by atoms with Gasteiger partial charge in [-0.1, -0.05) is 60.7 Å². The fourth-order valence-electron chi connectivity index (χ4n) is 2.52. The lowest BCUT2D eigenvalue weighted by atomic mass is 9.94. The minimum Gasteiger partial charge on any atom is -0.490 e. The molecule has 0 amide bonds. The Morgan fingerprint density at radius 3 is 1.71 bits per heavy atom. The fraction of sp³-hybridized carbons (Fsp3) is 0.316. The van der Waals surface area contributed by atoms with Gasteiger partial charge in [-0.15, -0.1) is 0 Å². The number of rotatable bonds is 9. The summed E-state index contributed by atoms with van der Waals surface area (Å²) in [4.78, 5) is 0. The summed E-state index contributed by atoms with van der Waals surface area (Å²) in [5.41, 5.74) is 4.17. The molecule has 0 atom stereocenters. The highest BCUT2D eigenvalue weighted by atomic mass is 32.1. The van der Waals surface area contributed by atoms with E-state index in [9.17, 15) is 0 Å². The molecule has 0 saturated heterocycles. The van der Waals surface area contributed by atoms with Gasteiger partial charge in [-0.3, -0.25) is 0 Å². The van der Waals surface area contributed by atoms with E-state index in [1.807, 2.05) is 0 Å². The molecular formula is C19H22OS. The van der Waals surface area contributed by atoms with Crippen LogP contribution in [0, 0.1) is 5.92 Å². The van der Waals surface area contributed by atoms with E-state index in [1.54, 1.807) is 0 Å². The van der Waals surface area contributed by atoms with Gasteiger partial charge in [-0.25, -0.2) is 0 Å². The van der Waals surface area contributed by atoms with Crippen molar-refractivity contribution in [2.24, 2.45) is 5.92 Å². The summed E-state index contributed by atoms with van der Waals surface area (Å²) in [6.45, 7) is 0.725. The monoisotopic (exact) mass is 298 g/mol. The molecule has 0 aliphatic heterocycles. The van der Waals surface area contributed by atoms with Gasteiger partial charge >= 0.3 is 0 Å². The van der Waals surface area contributed by atoms with E-state index in [1.165, 1.54) is 16.7 Å². The summed E-state index contributed by atoms with van der Waals surface area (Å²) < 4.78 is 5.36. The molecule has 2 rings (SSSR count). The van der Waals surface area contributed by atoms with E-state index in [4.69, 9.17) is 17.0 Å². The number of thiocarbonyl (C=S) groups is 1. The van der Waals surface area contributed by atoms with Crippen LogP contribution in [0.15, 0.2) is 60.7 Å². The van der Waals surface area contributed by atoms with Crippen LogP contribution in [0.25, 0.3) is 0 Å². The summed E-state index contributed by atoms with van der Waals surface area (Å²) in [6, 6.07) is 21.3. The van der Waals surface area contributed by atoms with E-state index < -0.39 is 0 Å². The number of hydrogen-bond donors (Lipinski definition) is 0. The van der Waals surface area contributed by atoms with E-state index in [0.29, 0.717) is 5.92 Å². The van der Waals surface area contributed by atoms with Crippen molar-refractivity contribution >= 4 is 17.8 Å². The second kappa shape index (κ2) is 9.30. The van der Waals surface area contributed by atoms with Crippen molar-refractivity contribution in [2.45, 2.75) is 25.7 Å². The Morgan fingerprint density at radius 2 is 1.29 bits per heavy atom. The quantitative estimate of drug-likeness (QED) is 0.612. The van der Waals surface area contributed by atoms with E-state index in [2.05, 4.69) is 60.7 Å². The highest BCUT2D eigenvalue weighted by molar-refractivity contribution is 7.78. The molecular weight excluding hydrogens is 276 g/mol. The molecule has 0 unspecified atom stereocenters. The summed E-state index contributed by atoms with van der Waals surface area (Å²) in [5.74, 6) is 0.546. The normalized spacial score (nSPS) is 10.5. The van der Waals surface area contributed by atoms with Gasteiger partial charge in [0, 0.05) is 0 Å². The molecule has 0 spiro atoms. The maximum absolute atomic E-state index is 5.36. The van der Waals surface area contributed by atoms with Gasteiger partial charge in [0.15, 0.2) is 0 Å². The van der Waals surface area contributed by atoms with Crippen molar-refractivity contribution in [1.29, 1.82) is 0 Å². The Hall–Kier alpha value is -1.67. The molecule has 0 saturated carbocycles. The molecule has 1 nitrogen and oxygen atoms in total. The third kappa shape index (κ3) is 6.09. The van der Waals surface area contributed by atoms with Crippen LogP contribution in [-0.4, -0.2) is 12.2 Å². The summed E-state index contributed by atoms with van der Waals surface area (Å²) in [6.07, 6.45) is 4.47. The summed E-state index contributed by atoms with van der Waals surface area (Å²) in [5, 5.41) is 0. The van der Waals surface area contributed by atoms with Crippen molar-refractivity contribution in [3.8, 4) is 0 Å². The molecule has 0 bridgehead atoms. The lowest BCUT2D eigenvalue weighted by Gasteiger charge is -2.16. The van der Waals surface area contributed by atoms with Crippen molar-refractivity contribution in [1.82, 2.24) is 0 Å². The first-order chi connectivity index (χ1) is 10.4. The molecule has 0 aliphatic rings. The zero-order valence-corrected chi connectivity index (χ0v) is 13.1. The maximum atomic E-state index is 5.36. The molecule has 0 heterocycles. The van der Waals surface area contributed by atoms with Gasteiger partial charge in [0.2, 0.25) is 0 Å². The Bertz CT molecular complexity index is 466. The second-order valence-electron chi connectivity index (χ2n) is 5.34. The van der Waals surface area contributed by atoms with Crippen molar-refractivity contribution in [3.63, 3.8) is 0 Å². The average Bonchev–Trinajstić information content (AvgIpc) is 2.56. The van der Waals surface area contributed by atoms with Gasteiger partial charge < -0.3 is 4.74 Å². The minimum atomic E-state index is 0.546. The van der Waals surface area contributed by atoms with Crippen LogP contribution < -0.4 is 0 Å². The van der Waals surface area contributed by atoms with Crippen molar-refractivity contribution in [3.05, 3.63) is 71.8 Å². The van der Waals surface area contributed by atoms with Gasteiger partial charge in [0.05, 0.1) is 6.61 Å². The van der Waals surface area contributed by atoms with Crippen LogP contribution in [0.3, 0.4) is 0 Å². The number of ether oxygens (including phenoxy) is 1. The standard InChI is InChI=1S/C19H22OS/c21-16-20-15-19(13-11-17-7-3-1-4-8-17)14-12-18-9-5-2-6-10-18/h1-10,16,19H,11-15H2. The van der Waals surface area contributed by atoms with Gasteiger partial charge in [0.25, 0.3) is 0 Å². The predicted octanol–water partition coefficient (Wildman–Crippen LogP) is 4.84. The van der Waals surface area contributed by atoms with Crippen LogP contribution in [0.1, 0.15) is 24.0 Å². The zero-order chi connectivity index (χ0) is 14.8. The lowest BCUT2D eigenvalue weighted by Crippen LogP contribution is -2.11. The van der Waals surface area contributed by atoms with Crippen molar-refractivity contribution in [2.75, 3.05) is 6.61 Å². The smallest absolute Gasteiger partial charge is 0.146 e. The van der Waals surface area contributed by atoms with Crippen LogP contribution in [0.2, 0.25) is 0 Å². The topological polar surface area (TPSA) is 9.23 Å². The molecule has 0 radical (unpaired) electrons. The first-order valence-electron chi connectivity index (χ1n) is 7.51. The Kier molecular flexibility index (Phi) is 6.96. The van der Waals surface area contributed by atoms with E-state index >= 15 is 0 Å². The largest absolute Gasteiger partial charge is 0.490 e. The van der Waals surface area contributed by atoms with Gasteiger partial charge in [-0.2, -0.15) is 0 Å².